The molecule has 0 amide bonds. The predicted octanol–water partition coefficient (Wildman–Crippen LogP) is 5.87. The minimum atomic E-state index is 0.0996. The first-order chi connectivity index (χ1) is 12.8. The summed E-state index contributed by atoms with van der Waals surface area (Å²) in [6, 6.07) is 22.0. The molecule has 0 bridgehead atoms. The third-order valence-electron chi connectivity index (χ3n) is 4.02. The van der Waals surface area contributed by atoms with Gasteiger partial charge >= 0.3 is 0 Å². The second-order valence-electron chi connectivity index (χ2n) is 5.38. The highest BCUT2D eigenvalue weighted by molar-refractivity contribution is 6.01. The molecule has 4 heteroatoms. The lowest BCUT2D eigenvalue weighted by molar-refractivity contribution is 1.45. The zero-order chi connectivity index (χ0) is 18.5. The Morgan fingerprint density at radius 2 is 1.00 bits per heavy atom. The lowest BCUT2D eigenvalue weighted by Gasteiger charge is -2.16. The largest absolute Gasteiger partial charge is 0.237 e. The van der Waals surface area contributed by atoms with Crippen LogP contribution in [0.15, 0.2) is 60.7 Å². The highest BCUT2D eigenvalue weighted by atomic mass is 14.7. The molecular formula is C22H10N4. The maximum absolute atomic E-state index is 9.77. The summed E-state index contributed by atoms with van der Waals surface area (Å²) in [5.41, 5.74) is 2.39. The van der Waals surface area contributed by atoms with E-state index in [4.69, 9.17) is 13.1 Å². The van der Waals surface area contributed by atoms with Crippen LogP contribution in [0.25, 0.3) is 31.9 Å². The fourth-order valence-electron chi connectivity index (χ4n) is 2.94. The minimum absolute atomic E-state index is 0.0996. The van der Waals surface area contributed by atoms with E-state index in [1.807, 2.05) is 12.1 Å². The molecule has 0 atom stereocenters. The van der Waals surface area contributed by atoms with Crippen LogP contribution in [-0.2, 0) is 0 Å². The van der Waals surface area contributed by atoms with Crippen molar-refractivity contribution in [2.75, 3.05) is 0 Å². The van der Waals surface area contributed by atoms with Gasteiger partial charge in [-0.05, 0) is 22.3 Å². The highest BCUT2D eigenvalue weighted by Crippen LogP contribution is 2.48. The van der Waals surface area contributed by atoms with Crippen LogP contribution in [0.3, 0.4) is 0 Å². The molecule has 4 nitrogen and oxygen atoms in total. The minimum Gasteiger partial charge on any atom is -0.237 e. The summed E-state index contributed by atoms with van der Waals surface area (Å²) in [4.78, 5) is 7.13. The molecule has 0 aliphatic carbocycles. The van der Waals surface area contributed by atoms with Crippen molar-refractivity contribution in [3.8, 4) is 34.4 Å². The van der Waals surface area contributed by atoms with Crippen LogP contribution in [0.2, 0.25) is 0 Å². The van der Waals surface area contributed by atoms with E-state index < -0.39 is 0 Å². The topological polar surface area (TPSA) is 56.3 Å². The van der Waals surface area contributed by atoms with E-state index in [2.05, 4.69) is 21.8 Å². The molecule has 0 aliphatic heterocycles. The number of nitrogens with zero attached hydrogens (tertiary/aromatic N) is 4. The van der Waals surface area contributed by atoms with Gasteiger partial charge in [0.1, 0.15) is 0 Å². The molecule has 0 aromatic heterocycles. The molecule has 0 saturated carbocycles. The highest BCUT2D eigenvalue weighted by Gasteiger charge is 2.25. The van der Waals surface area contributed by atoms with E-state index in [-0.39, 0.29) is 22.5 Å². The van der Waals surface area contributed by atoms with Gasteiger partial charge in [0.15, 0.2) is 0 Å². The van der Waals surface area contributed by atoms with Crippen LogP contribution in [0.4, 0.5) is 11.4 Å². The average molecular weight is 330 g/mol. The smallest absolute Gasteiger partial charge is 0.202 e. The second-order valence-corrected chi connectivity index (χ2v) is 5.38. The van der Waals surface area contributed by atoms with E-state index in [0.717, 1.165) is 0 Å². The second kappa shape index (κ2) is 7.02. The molecule has 3 rings (SSSR count). The van der Waals surface area contributed by atoms with Gasteiger partial charge in [-0.2, -0.15) is 10.5 Å². The monoisotopic (exact) mass is 330 g/mol. The van der Waals surface area contributed by atoms with E-state index in [9.17, 15) is 10.5 Å². The molecule has 0 aliphatic rings. The van der Waals surface area contributed by atoms with Crippen molar-refractivity contribution in [1.29, 1.82) is 10.5 Å². The maximum Gasteiger partial charge on any atom is 0.202 e. The van der Waals surface area contributed by atoms with Crippen LogP contribution in [0.5, 0.6) is 0 Å². The van der Waals surface area contributed by atoms with Crippen LogP contribution in [0.1, 0.15) is 11.1 Å². The van der Waals surface area contributed by atoms with Gasteiger partial charge in [0, 0.05) is 0 Å². The number of nitriles is 2. The number of rotatable bonds is 2. The van der Waals surface area contributed by atoms with Crippen molar-refractivity contribution in [1.82, 2.24) is 0 Å². The SMILES string of the molecule is [C-]#[N+]c1c(C#N)c(-c2ccccc2)c(C#N)c([N+]#[C-])c1-c1ccccc1. The van der Waals surface area contributed by atoms with Gasteiger partial charge in [-0.3, -0.25) is 0 Å². The molecule has 0 unspecified atom stereocenters. The molecule has 0 N–H and O–H groups in total. The van der Waals surface area contributed by atoms with Crippen LogP contribution in [0, 0.1) is 35.8 Å². The molecule has 118 valence electrons. The summed E-state index contributed by atoms with van der Waals surface area (Å²) in [5.74, 6) is 0. The Bertz CT molecular complexity index is 1000. The zero-order valence-corrected chi connectivity index (χ0v) is 13.6. The standard InChI is InChI=1S/C22H10N4/c1-25-21-17(13-23)19(15-9-5-3-6-10-15)18(14-24)22(26-2)20(21)16-11-7-4-8-12-16/h3-12H. The molecule has 0 fully saturated rings. The van der Waals surface area contributed by atoms with Crippen molar-refractivity contribution in [2.24, 2.45) is 0 Å². The molecule has 0 saturated heterocycles. The summed E-state index contributed by atoms with van der Waals surface area (Å²) >= 11 is 0. The van der Waals surface area contributed by atoms with Gasteiger partial charge in [0.2, 0.25) is 11.4 Å². The molecule has 3 aromatic carbocycles. The Labute approximate surface area is 151 Å². The Balaban J connectivity index is 2.57. The number of hydrogen-bond donors (Lipinski definition) is 0. The lowest BCUT2D eigenvalue weighted by Crippen LogP contribution is -1.95. The number of benzene rings is 3. The third-order valence-corrected chi connectivity index (χ3v) is 4.02. The molecule has 0 heterocycles. The summed E-state index contributed by atoms with van der Waals surface area (Å²) in [7, 11) is 0. The first-order valence-corrected chi connectivity index (χ1v) is 7.66. The fourth-order valence-corrected chi connectivity index (χ4v) is 2.94. The predicted molar refractivity (Wildman–Crippen MR) is 99.3 cm³/mol. The van der Waals surface area contributed by atoms with Gasteiger partial charge in [0.25, 0.3) is 0 Å². The summed E-state index contributed by atoms with van der Waals surface area (Å²) < 4.78 is 0. The van der Waals surface area contributed by atoms with Crippen molar-refractivity contribution in [3.63, 3.8) is 0 Å². The lowest BCUT2D eigenvalue weighted by atomic mass is 9.87. The Hall–Kier alpha value is -4.38. The fraction of sp³-hybridized carbons (Fsp3) is 0. The Morgan fingerprint density at radius 1 is 0.615 bits per heavy atom. The van der Waals surface area contributed by atoms with Gasteiger partial charge in [-0.1, -0.05) is 60.7 Å². The average Bonchev–Trinajstić information content (AvgIpc) is 2.72. The molecule has 3 aromatic rings. The van der Waals surface area contributed by atoms with Gasteiger partial charge in [-0.25, -0.2) is 9.69 Å². The molecule has 26 heavy (non-hydrogen) atoms. The summed E-state index contributed by atoms with van der Waals surface area (Å²) in [6.07, 6.45) is 0. The van der Waals surface area contributed by atoms with Crippen molar-refractivity contribution in [3.05, 3.63) is 94.6 Å². The first kappa shape index (κ1) is 16.5. The van der Waals surface area contributed by atoms with Gasteiger partial charge in [-0.15, -0.1) is 0 Å². The summed E-state index contributed by atoms with van der Waals surface area (Å²) in [5, 5.41) is 19.5. The van der Waals surface area contributed by atoms with Crippen LogP contribution < -0.4 is 0 Å². The van der Waals surface area contributed by atoms with E-state index >= 15 is 0 Å². The maximum atomic E-state index is 9.77. The Kier molecular flexibility index (Phi) is 4.45. The van der Waals surface area contributed by atoms with Crippen LogP contribution in [-0.4, -0.2) is 0 Å². The zero-order valence-electron chi connectivity index (χ0n) is 13.6. The van der Waals surface area contributed by atoms with E-state index in [0.29, 0.717) is 22.3 Å². The van der Waals surface area contributed by atoms with Gasteiger partial charge < -0.3 is 0 Å². The molecule has 0 radical (unpaired) electrons. The van der Waals surface area contributed by atoms with Crippen molar-refractivity contribution < 1.29 is 0 Å². The van der Waals surface area contributed by atoms with E-state index in [1.165, 1.54) is 0 Å². The quantitative estimate of drug-likeness (QED) is 0.552. The van der Waals surface area contributed by atoms with Gasteiger partial charge in [0.05, 0.1) is 36.4 Å². The summed E-state index contributed by atoms with van der Waals surface area (Å²) in [6.45, 7) is 15.2. The number of hydrogen-bond acceptors (Lipinski definition) is 2. The van der Waals surface area contributed by atoms with Crippen molar-refractivity contribution in [2.45, 2.75) is 0 Å². The molecule has 0 spiro atoms. The Morgan fingerprint density at radius 3 is 1.35 bits per heavy atom. The first-order valence-electron chi connectivity index (χ1n) is 7.66. The van der Waals surface area contributed by atoms with Crippen LogP contribution >= 0.6 is 0 Å². The molecular weight excluding hydrogens is 320 g/mol. The van der Waals surface area contributed by atoms with Crippen molar-refractivity contribution >= 4 is 11.4 Å². The third kappa shape index (κ3) is 2.55. The normalized spacial score (nSPS) is 9.38. The van der Waals surface area contributed by atoms with E-state index in [1.54, 1.807) is 48.5 Å².